The number of anilines is 1. The average Bonchev–Trinajstić information content (AvgIpc) is 3.18. The molecule has 1 heterocycles. The van der Waals surface area contributed by atoms with Gasteiger partial charge in [-0.05, 0) is 62.7 Å². The summed E-state index contributed by atoms with van der Waals surface area (Å²) in [6, 6.07) is 20.0. The fraction of sp³-hybridized carbons (Fsp3) is 0.308. The highest BCUT2D eigenvalue weighted by Crippen LogP contribution is 2.41. The van der Waals surface area contributed by atoms with E-state index in [1.807, 2.05) is 45.0 Å². The Hall–Kier alpha value is -2.72. The fourth-order valence-electron chi connectivity index (χ4n) is 4.34. The molecule has 3 aromatic rings. The molecule has 0 unspecified atom stereocenters. The summed E-state index contributed by atoms with van der Waals surface area (Å²) in [5.74, 6) is 0. The van der Waals surface area contributed by atoms with Crippen molar-refractivity contribution in [1.29, 1.82) is 0 Å². The van der Waals surface area contributed by atoms with Crippen molar-refractivity contribution in [2.45, 2.75) is 42.8 Å². The molecular formula is C26H31N3O4S2. The summed E-state index contributed by atoms with van der Waals surface area (Å²) in [6.07, 6.45) is -1.01. The maximum absolute atomic E-state index is 13.9. The van der Waals surface area contributed by atoms with E-state index in [-0.39, 0.29) is 16.3 Å². The SMILES string of the molecule is Cc1ccc(S(=O)(=O)N2C[C@H](C)N(S(=O)(=O)c3ccc(C)cc3)[C@H]2c2ccc(N(C)C)cc2)cc1. The molecule has 0 bridgehead atoms. The molecule has 1 fully saturated rings. The Kier molecular flexibility index (Phi) is 6.80. The summed E-state index contributed by atoms with van der Waals surface area (Å²) in [5.41, 5.74) is 3.41. The van der Waals surface area contributed by atoms with Crippen LogP contribution in [0, 0.1) is 13.8 Å². The molecule has 9 heteroatoms. The summed E-state index contributed by atoms with van der Waals surface area (Å²) in [7, 11) is -4.15. The van der Waals surface area contributed by atoms with Gasteiger partial charge in [0.1, 0.15) is 6.17 Å². The van der Waals surface area contributed by atoms with Crippen LogP contribution in [0.25, 0.3) is 0 Å². The standard InChI is InChI=1S/C26H31N3O4S2/c1-19-6-14-24(15-7-19)34(30,31)28-18-21(3)29(35(32,33)25-16-8-20(2)9-17-25)26(28)22-10-12-23(13-11-22)27(4)5/h6-17,21,26H,18H2,1-5H3/t21-,26-/m0/s1. The molecule has 0 radical (unpaired) electrons. The normalized spacial score (nSPS) is 19.7. The van der Waals surface area contributed by atoms with Gasteiger partial charge < -0.3 is 4.90 Å². The third kappa shape index (κ3) is 4.73. The van der Waals surface area contributed by atoms with Crippen molar-refractivity contribution in [2.24, 2.45) is 0 Å². The van der Waals surface area contributed by atoms with Crippen LogP contribution >= 0.6 is 0 Å². The van der Waals surface area contributed by atoms with E-state index in [0.717, 1.165) is 16.8 Å². The maximum Gasteiger partial charge on any atom is 0.245 e. The van der Waals surface area contributed by atoms with Crippen molar-refractivity contribution >= 4 is 25.7 Å². The first-order valence-electron chi connectivity index (χ1n) is 11.4. The molecule has 1 aliphatic heterocycles. The lowest BCUT2D eigenvalue weighted by Gasteiger charge is -2.31. The van der Waals surface area contributed by atoms with Gasteiger partial charge in [0.15, 0.2) is 0 Å². The second kappa shape index (κ2) is 9.39. The number of nitrogens with zero attached hydrogens (tertiary/aromatic N) is 3. The molecule has 0 N–H and O–H groups in total. The smallest absolute Gasteiger partial charge is 0.245 e. The first-order chi connectivity index (χ1) is 16.4. The molecule has 2 atom stereocenters. The van der Waals surface area contributed by atoms with Gasteiger partial charge in [0.2, 0.25) is 20.0 Å². The molecule has 1 aliphatic rings. The van der Waals surface area contributed by atoms with E-state index in [1.165, 1.54) is 8.61 Å². The minimum Gasteiger partial charge on any atom is -0.378 e. The fourth-order valence-corrected chi connectivity index (χ4v) is 7.81. The Balaban J connectivity index is 1.87. The largest absolute Gasteiger partial charge is 0.378 e. The van der Waals surface area contributed by atoms with Crippen LogP contribution in [0.2, 0.25) is 0 Å². The lowest BCUT2D eigenvalue weighted by atomic mass is 10.1. The number of rotatable bonds is 6. The third-order valence-electron chi connectivity index (χ3n) is 6.32. The highest BCUT2D eigenvalue weighted by atomic mass is 32.2. The highest BCUT2D eigenvalue weighted by Gasteiger charge is 2.50. The molecule has 0 spiro atoms. The Labute approximate surface area is 208 Å². The lowest BCUT2D eigenvalue weighted by Crippen LogP contribution is -2.39. The zero-order chi connectivity index (χ0) is 25.5. The molecule has 7 nitrogen and oxygen atoms in total. The van der Waals surface area contributed by atoms with E-state index in [4.69, 9.17) is 0 Å². The van der Waals surface area contributed by atoms with Crippen LogP contribution in [-0.4, -0.2) is 52.1 Å². The monoisotopic (exact) mass is 513 g/mol. The number of benzene rings is 3. The van der Waals surface area contributed by atoms with Gasteiger partial charge >= 0.3 is 0 Å². The van der Waals surface area contributed by atoms with E-state index in [2.05, 4.69) is 0 Å². The van der Waals surface area contributed by atoms with E-state index in [0.29, 0.717) is 5.56 Å². The number of hydrogen-bond donors (Lipinski definition) is 0. The van der Waals surface area contributed by atoms with Gasteiger partial charge in [-0.25, -0.2) is 16.8 Å². The second-order valence-corrected chi connectivity index (χ2v) is 13.0. The first-order valence-corrected chi connectivity index (χ1v) is 14.3. The van der Waals surface area contributed by atoms with Gasteiger partial charge in [0, 0.05) is 32.4 Å². The Bertz CT molecular complexity index is 1400. The highest BCUT2D eigenvalue weighted by molar-refractivity contribution is 7.90. The Morgan fingerprint density at radius 3 is 1.63 bits per heavy atom. The molecule has 4 rings (SSSR count). The molecule has 3 aromatic carbocycles. The molecule has 0 saturated carbocycles. The second-order valence-electron chi connectivity index (χ2n) is 9.24. The molecular weight excluding hydrogens is 482 g/mol. The van der Waals surface area contributed by atoms with Gasteiger partial charge in [-0.2, -0.15) is 8.61 Å². The zero-order valence-electron chi connectivity index (χ0n) is 20.6. The van der Waals surface area contributed by atoms with Crippen LogP contribution < -0.4 is 4.90 Å². The summed E-state index contributed by atoms with van der Waals surface area (Å²) in [5, 5.41) is 0. The minimum absolute atomic E-state index is 0.0431. The quantitative estimate of drug-likeness (QED) is 0.495. The summed E-state index contributed by atoms with van der Waals surface area (Å²) in [4.78, 5) is 2.21. The van der Waals surface area contributed by atoms with Crippen molar-refractivity contribution in [3.63, 3.8) is 0 Å². The van der Waals surface area contributed by atoms with Gasteiger partial charge in [-0.15, -0.1) is 0 Å². The Morgan fingerprint density at radius 1 is 0.714 bits per heavy atom. The van der Waals surface area contributed by atoms with Crippen LogP contribution in [0.15, 0.2) is 82.6 Å². The lowest BCUT2D eigenvalue weighted by molar-refractivity contribution is 0.276. The predicted molar refractivity (Wildman–Crippen MR) is 138 cm³/mol. The van der Waals surface area contributed by atoms with Gasteiger partial charge in [0.05, 0.1) is 9.79 Å². The predicted octanol–water partition coefficient (Wildman–Crippen LogP) is 4.15. The molecule has 0 amide bonds. The summed E-state index contributed by atoms with van der Waals surface area (Å²) < 4.78 is 58.0. The van der Waals surface area contributed by atoms with Crippen LogP contribution in [0.1, 0.15) is 29.8 Å². The summed E-state index contributed by atoms with van der Waals surface area (Å²) >= 11 is 0. The summed E-state index contributed by atoms with van der Waals surface area (Å²) in [6.45, 7) is 5.57. The van der Waals surface area contributed by atoms with Gasteiger partial charge in [0.25, 0.3) is 0 Å². The molecule has 1 saturated heterocycles. The number of hydrogen-bond acceptors (Lipinski definition) is 5. The van der Waals surface area contributed by atoms with E-state index in [1.54, 1.807) is 67.6 Å². The van der Waals surface area contributed by atoms with E-state index >= 15 is 0 Å². The first kappa shape index (κ1) is 25.4. The molecule has 186 valence electrons. The van der Waals surface area contributed by atoms with Crippen molar-refractivity contribution < 1.29 is 16.8 Å². The average molecular weight is 514 g/mol. The van der Waals surface area contributed by atoms with Crippen molar-refractivity contribution in [1.82, 2.24) is 8.61 Å². The van der Waals surface area contributed by atoms with Crippen LogP contribution in [0.3, 0.4) is 0 Å². The number of sulfonamides is 2. The Morgan fingerprint density at radius 2 is 1.17 bits per heavy atom. The van der Waals surface area contributed by atoms with Crippen molar-refractivity contribution in [3.05, 3.63) is 89.5 Å². The molecule has 0 aliphatic carbocycles. The van der Waals surface area contributed by atoms with Crippen LogP contribution in [0.5, 0.6) is 0 Å². The van der Waals surface area contributed by atoms with Crippen molar-refractivity contribution in [2.75, 3.05) is 25.5 Å². The zero-order valence-corrected chi connectivity index (χ0v) is 22.2. The molecule has 0 aromatic heterocycles. The van der Waals surface area contributed by atoms with E-state index < -0.39 is 32.3 Å². The minimum atomic E-state index is -3.99. The topological polar surface area (TPSA) is 78.0 Å². The number of aryl methyl sites for hydroxylation is 2. The van der Waals surface area contributed by atoms with Crippen LogP contribution in [0.4, 0.5) is 5.69 Å². The maximum atomic E-state index is 13.9. The van der Waals surface area contributed by atoms with E-state index in [9.17, 15) is 16.8 Å². The van der Waals surface area contributed by atoms with Crippen molar-refractivity contribution in [3.8, 4) is 0 Å². The molecule has 35 heavy (non-hydrogen) atoms. The van der Waals surface area contributed by atoms with Gasteiger partial charge in [-0.3, -0.25) is 0 Å². The van der Waals surface area contributed by atoms with Crippen LogP contribution in [-0.2, 0) is 20.0 Å². The van der Waals surface area contributed by atoms with Gasteiger partial charge in [-0.1, -0.05) is 47.5 Å². The third-order valence-corrected chi connectivity index (χ3v) is 10.1.